The number of hydrogen-bond acceptors (Lipinski definition) is 3. The first kappa shape index (κ1) is 9.53. The molecule has 0 atom stereocenters. The molecule has 0 spiro atoms. The lowest BCUT2D eigenvalue weighted by molar-refractivity contribution is 0.913. The summed E-state index contributed by atoms with van der Waals surface area (Å²) in [5.41, 5.74) is 2.41. The standard InChI is InChI=1S/C10H8BrN5/c1-16-4-8(13-5-16)10-14-7-2-6(11)3-12-9(7)15-10/h2-5H,1H3,(H,12,14,15). The molecule has 3 aromatic rings. The van der Waals surface area contributed by atoms with E-state index in [9.17, 15) is 0 Å². The lowest BCUT2D eigenvalue weighted by atomic mass is 10.4. The Kier molecular flexibility index (Phi) is 2.03. The topological polar surface area (TPSA) is 59.4 Å². The molecule has 3 rings (SSSR count). The second-order valence-corrected chi connectivity index (χ2v) is 4.45. The van der Waals surface area contributed by atoms with Gasteiger partial charge in [0.05, 0.1) is 11.8 Å². The Bertz CT molecular complexity index is 654. The highest BCUT2D eigenvalue weighted by Gasteiger charge is 2.08. The number of fused-ring (bicyclic) bond motifs is 1. The minimum atomic E-state index is 0.698. The van der Waals surface area contributed by atoms with Crippen molar-refractivity contribution in [1.82, 2.24) is 24.5 Å². The van der Waals surface area contributed by atoms with Gasteiger partial charge in [-0.3, -0.25) is 0 Å². The van der Waals surface area contributed by atoms with Crippen molar-refractivity contribution >= 4 is 27.1 Å². The van der Waals surface area contributed by atoms with Gasteiger partial charge in [-0.25, -0.2) is 15.0 Å². The van der Waals surface area contributed by atoms with Crippen LogP contribution in [0.4, 0.5) is 0 Å². The molecule has 0 unspecified atom stereocenters. The summed E-state index contributed by atoms with van der Waals surface area (Å²) in [6.45, 7) is 0. The molecule has 0 radical (unpaired) electrons. The van der Waals surface area contributed by atoms with E-state index in [1.54, 1.807) is 12.5 Å². The lowest BCUT2D eigenvalue weighted by Gasteiger charge is -1.87. The number of hydrogen-bond donors (Lipinski definition) is 1. The van der Waals surface area contributed by atoms with Crippen molar-refractivity contribution in [2.24, 2.45) is 7.05 Å². The van der Waals surface area contributed by atoms with E-state index >= 15 is 0 Å². The van der Waals surface area contributed by atoms with E-state index in [-0.39, 0.29) is 0 Å². The Morgan fingerprint density at radius 1 is 1.38 bits per heavy atom. The zero-order valence-electron chi connectivity index (χ0n) is 8.48. The number of aryl methyl sites for hydroxylation is 1. The molecular weight excluding hydrogens is 270 g/mol. The van der Waals surface area contributed by atoms with Crippen molar-refractivity contribution < 1.29 is 0 Å². The number of H-pyrrole nitrogens is 1. The number of pyridine rings is 1. The molecule has 3 heterocycles. The second-order valence-electron chi connectivity index (χ2n) is 3.53. The Morgan fingerprint density at radius 3 is 3.00 bits per heavy atom. The number of rotatable bonds is 1. The van der Waals surface area contributed by atoms with Gasteiger partial charge in [0, 0.05) is 23.9 Å². The minimum absolute atomic E-state index is 0.698. The summed E-state index contributed by atoms with van der Waals surface area (Å²) in [5.74, 6) is 0.737. The fourth-order valence-corrected chi connectivity index (χ4v) is 1.86. The van der Waals surface area contributed by atoms with Crippen LogP contribution in [0.1, 0.15) is 0 Å². The van der Waals surface area contributed by atoms with Crippen LogP contribution in [0.2, 0.25) is 0 Å². The molecule has 6 heteroatoms. The monoisotopic (exact) mass is 277 g/mol. The van der Waals surface area contributed by atoms with E-state index in [1.807, 2.05) is 23.9 Å². The van der Waals surface area contributed by atoms with Crippen LogP contribution in [0, 0.1) is 0 Å². The third-order valence-corrected chi connectivity index (χ3v) is 2.69. The molecule has 0 aliphatic heterocycles. The minimum Gasteiger partial charge on any atom is -0.340 e. The Hall–Kier alpha value is -1.69. The first-order valence-electron chi connectivity index (χ1n) is 4.72. The van der Waals surface area contributed by atoms with E-state index in [2.05, 4.69) is 35.9 Å². The molecule has 80 valence electrons. The van der Waals surface area contributed by atoms with Gasteiger partial charge in [-0.1, -0.05) is 0 Å². The highest BCUT2D eigenvalue weighted by molar-refractivity contribution is 9.10. The van der Waals surface area contributed by atoms with Gasteiger partial charge in [-0.2, -0.15) is 0 Å². The van der Waals surface area contributed by atoms with Crippen molar-refractivity contribution in [2.75, 3.05) is 0 Å². The predicted octanol–water partition coefficient (Wildman–Crippen LogP) is 2.12. The van der Waals surface area contributed by atoms with Crippen LogP contribution in [0.25, 0.3) is 22.7 Å². The Balaban J connectivity index is 2.18. The van der Waals surface area contributed by atoms with Gasteiger partial charge in [0.25, 0.3) is 0 Å². The fraction of sp³-hybridized carbons (Fsp3) is 0.100. The van der Waals surface area contributed by atoms with Crippen molar-refractivity contribution in [3.63, 3.8) is 0 Å². The first-order chi connectivity index (χ1) is 7.72. The van der Waals surface area contributed by atoms with Crippen molar-refractivity contribution in [3.8, 4) is 11.5 Å². The van der Waals surface area contributed by atoms with Crippen LogP contribution < -0.4 is 0 Å². The van der Waals surface area contributed by atoms with Gasteiger partial charge >= 0.3 is 0 Å². The molecule has 0 aromatic carbocycles. The van der Waals surface area contributed by atoms with Gasteiger partial charge in [0.1, 0.15) is 5.69 Å². The maximum Gasteiger partial charge on any atom is 0.178 e. The van der Waals surface area contributed by atoms with Crippen LogP contribution in [0.3, 0.4) is 0 Å². The zero-order valence-corrected chi connectivity index (χ0v) is 10.1. The molecule has 0 aliphatic rings. The molecule has 5 nitrogen and oxygen atoms in total. The van der Waals surface area contributed by atoms with E-state index in [4.69, 9.17) is 0 Å². The lowest BCUT2D eigenvalue weighted by Crippen LogP contribution is -1.80. The Labute approximate surface area is 99.7 Å². The summed E-state index contributed by atoms with van der Waals surface area (Å²) in [7, 11) is 1.92. The molecule has 0 bridgehead atoms. The van der Waals surface area contributed by atoms with Crippen LogP contribution in [-0.4, -0.2) is 24.5 Å². The fourth-order valence-electron chi connectivity index (χ4n) is 1.53. The maximum atomic E-state index is 4.37. The summed E-state index contributed by atoms with van der Waals surface area (Å²) in [6.07, 6.45) is 5.38. The normalized spacial score (nSPS) is 11.1. The van der Waals surface area contributed by atoms with Gasteiger partial charge < -0.3 is 9.55 Å². The third-order valence-electron chi connectivity index (χ3n) is 2.25. The van der Waals surface area contributed by atoms with Gasteiger partial charge in [-0.15, -0.1) is 0 Å². The molecule has 0 fully saturated rings. The number of nitrogens with one attached hydrogen (secondary N) is 1. The summed E-state index contributed by atoms with van der Waals surface area (Å²) in [4.78, 5) is 16.0. The average molecular weight is 278 g/mol. The molecule has 1 N–H and O–H groups in total. The molecule has 3 aromatic heterocycles. The van der Waals surface area contributed by atoms with Crippen LogP contribution in [0.15, 0.2) is 29.3 Å². The van der Waals surface area contributed by atoms with Gasteiger partial charge in [0.15, 0.2) is 11.5 Å². The number of nitrogens with zero attached hydrogens (tertiary/aromatic N) is 4. The van der Waals surface area contributed by atoms with Gasteiger partial charge in [-0.05, 0) is 22.0 Å². The van der Waals surface area contributed by atoms with E-state index in [1.165, 1.54) is 0 Å². The highest BCUT2D eigenvalue weighted by Crippen LogP contribution is 2.19. The van der Waals surface area contributed by atoms with Gasteiger partial charge in [0.2, 0.25) is 0 Å². The first-order valence-corrected chi connectivity index (χ1v) is 5.51. The van der Waals surface area contributed by atoms with E-state index in [0.717, 1.165) is 21.5 Å². The van der Waals surface area contributed by atoms with E-state index in [0.29, 0.717) is 5.65 Å². The highest BCUT2D eigenvalue weighted by atomic mass is 79.9. The average Bonchev–Trinajstić information content (AvgIpc) is 2.83. The Morgan fingerprint density at radius 2 is 2.25 bits per heavy atom. The van der Waals surface area contributed by atoms with Crippen molar-refractivity contribution in [3.05, 3.63) is 29.3 Å². The molecular formula is C10H8BrN5. The number of imidazole rings is 2. The quantitative estimate of drug-likeness (QED) is 0.741. The zero-order chi connectivity index (χ0) is 11.1. The maximum absolute atomic E-state index is 4.37. The summed E-state index contributed by atoms with van der Waals surface area (Å²) >= 11 is 3.37. The largest absolute Gasteiger partial charge is 0.340 e. The summed E-state index contributed by atoms with van der Waals surface area (Å²) in [6, 6.07) is 1.95. The number of aromatic nitrogens is 5. The molecule has 0 aliphatic carbocycles. The van der Waals surface area contributed by atoms with Crippen LogP contribution >= 0.6 is 15.9 Å². The molecule has 0 amide bonds. The molecule has 16 heavy (non-hydrogen) atoms. The van der Waals surface area contributed by atoms with Crippen LogP contribution in [0.5, 0.6) is 0 Å². The smallest absolute Gasteiger partial charge is 0.178 e. The van der Waals surface area contributed by atoms with Crippen LogP contribution in [-0.2, 0) is 7.05 Å². The predicted molar refractivity (Wildman–Crippen MR) is 63.8 cm³/mol. The third kappa shape index (κ3) is 1.51. The summed E-state index contributed by atoms with van der Waals surface area (Å²) in [5, 5.41) is 0. The number of aromatic amines is 1. The number of halogens is 1. The second kappa shape index (κ2) is 3.41. The van der Waals surface area contributed by atoms with Crippen molar-refractivity contribution in [2.45, 2.75) is 0 Å². The molecule has 0 saturated carbocycles. The van der Waals surface area contributed by atoms with E-state index < -0.39 is 0 Å². The SMILES string of the molecule is Cn1cnc(-c2nc3ncc(Br)cc3[nH]2)c1. The summed E-state index contributed by atoms with van der Waals surface area (Å²) < 4.78 is 2.81. The molecule has 0 saturated heterocycles. The van der Waals surface area contributed by atoms with Crippen molar-refractivity contribution in [1.29, 1.82) is 0 Å².